The Morgan fingerprint density at radius 1 is 1.06 bits per heavy atom. The standard InChI is InChI=1S/C14H24OSi/c1-10-8-11(14(2,3)4)13(15)12(9-10)16(5,6)7/h8-9,15H,1-7H3. The van der Waals surface area contributed by atoms with E-state index in [9.17, 15) is 5.11 Å². The quantitative estimate of drug-likeness (QED) is 0.739. The summed E-state index contributed by atoms with van der Waals surface area (Å²) in [5.74, 6) is 0.525. The Bertz CT molecular complexity index is 359. The van der Waals surface area contributed by atoms with Crippen molar-refractivity contribution in [3.8, 4) is 5.75 Å². The van der Waals surface area contributed by atoms with Crippen molar-refractivity contribution < 1.29 is 5.11 Å². The molecule has 2 heteroatoms. The molecule has 0 unspecified atom stereocenters. The molecule has 1 rings (SSSR count). The molecule has 90 valence electrons. The van der Waals surface area contributed by atoms with E-state index in [0.717, 1.165) is 5.56 Å². The first-order valence-electron chi connectivity index (χ1n) is 5.88. The summed E-state index contributed by atoms with van der Waals surface area (Å²) in [6.45, 7) is 15.4. The maximum Gasteiger partial charge on any atom is 0.118 e. The third kappa shape index (κ3) is 2.67. The molecule has 0 aliphatic heterocycles. The van der Waals surface area contributed by atoms with Crippen LogP contribution in [0.2, 0.25) is 19.6 Å². The van der Waals surface area contributed by atoms with Crippen LogP contribution in [0.3, 0.4) is 0 Å². The largest absolute Gasteiger partial charge is 0.508 e. The Hall–Kier alpha value is -0.763. The lowest BCUT2D eigenvalue weighted by molar-refractivity contribution is 0.450. The molecule has 0 aliphatic carbocycles. The third-order valence-corrected chi connectivity index (χ3v) is 4.87. The number of benzene rings is 1. The fraction of sp³-hybridized carbons (Fsp3) is 0.571. The number of aromatic hydroxyl groups is 1. The van der Waals surface area contributed by atoms with Gasteiger partial charge in [0, 0.05) is 0 Å². The van der Waals surface area contributed by atoms with Gasteiger partial charge in [-0.25, -0.2) is 0 Å². The minimum Gasteiger partial charge on any atom is -0.508 e. The summed E-state index contributed by atoms with van der Waals surface area (Å²) in [4.78, 5) is 0. The molecule has 0 saturated heterocycles. The maximum atomic E-state index is 10.4. The average molecular weight is 236 g/mol. The fourth-order valence-corrected chi connectivity index (χ4v) is 3.43. The average Bonchev–Trinajstić information content (AvgIpc) is 2.04. The molecular weight excluding hydrogens is 212 g/mol. The van der Waals surface area contributed by atoms with Gasteiger partial charge in [-0.3, -0.25) is 0 Å². The van der Waals surface area contributed by atoms with E-state index in [1.54, 1.807) is 0 Å². The first-order valence-corrected chi connectivity index (χ1v) is 9.38. The molecule has 0 aromatic heterocycles. The van der Waals surface area contributed by atoms with E-state index < -0.39 is 8.07 Å². The van der Waals surface area contributed by atoms with Gasteiger partial charge in [0.25, 0.3) is 0 Å². The molecular formula is C14H24OSi. The van der Waals surface area contributed by atoms with Crippen LogP contribution in [0, 0.1) is 6.92 Å². The van der Waals surface area contributed by atoms with Crippen molar-refractivity contribution in [1.29, 1.82) is 0 Å². The van der Waals surface area contributed by atoms with Crippen LogP contribution in [0.15, 0.2) is 12.1 Å². The zero-order valence-electron chi connectivity index (χ0n) is 11.6. The molecule has 0 fully saturated rings. The SMILES string of the molecule is Cc1cc(C(C)(C)C)c(O)c([Si](C)(C)C)c1. The topological polar surface area (TPSA) is 20.2 Å². The summed E-state index contributed by atoms with van der Waals surface area (Å²) in [6.07, 6.45) is 0. The van der Waals surface area contributed by atoms with Gasteiger partial charge in [-0.1, -0.05) is 58.1 Å². The Morgan fingerprint density at radius 3 is 1.94 bits per heavy atom. The van der Waals surface area contributed by atoms with Crippen LogP contribution in [-0.2, 0) is 5.41 Å². The van der Waals surface area contributed by atoms with Gasteiger partial charge in [0.05, 0.1) is 8.07 Å². The van der Waals surface area contributed by atoms with Crippen molar-refractivity contribution in [3.05, 3.63) is 23.3 Å². The summed E-state index contributed by atoms with van der Waals surface area (Å²) in [7, 11) is -1.47. The fourth-order valence-electron chi connectivity index (χ4n) is 1.92. The Morgan fingerprint density at radius 2 is 1.56 bits per heavy atom. The molecule has 0 radical (unpaired) electrons. The first-order chi connectivity index (χ1) is 7.03. The first kappa shape index (κ1) is 13.3. The van der Waals surface area contributed by atoms with Crippen LogP contribution in [-0.4, -0.2) is 13.2 Å². The van der Waals surface area contributed by atoms with Crippen molar-refractivity contribution in [3.63, 3.8) is 0 Å². The van der Waals surface area contributed by atoms with Crippen LogP contribution < -0.4 is 5.19 Å². The summed E-state index contributed by atoms with van der Waals surface area (Å²) >= 11 is 0. The van der Waals surface area contributed by atoms with Gasteiger partial charge >= 0.3 is 0 Å². The molecule has 1 aromatic carbocycles. The van der Waals surface area contributed by atoms with E-state index in [1.165, 1.54) is 10.8 Å². The smallest absolute Gasteiger partial charge is 0.118 e. The zero-order valence-corrected chi connectivity index (χ0v) is 12.6. The monoisotopic (exact) mass is 236 g/mol. The third-order valence-electron chi connectivity index (χ3n) is 2.87. The van der Waals surface area contributed by atoms with Crippen molar-refractivity contribution >= 4 is 13.3 Å². The number of hydrogen-bond acceptors (Lipinski definition) is 1. The van der Waals surface area contributed by atoms with Gasteiger partial charge in [-0.05, 0) is 23.1 Å². The van der Waals surface area contributed by atoms with Gasteiger partial charge in [-0.15, -0.1) is 0 Å². The van der Waals surface area contributed by atoms with E-state index in [-0.39, 0.29) is 5.41 Å². The highest BCUT2D eigenvalue weighted by atomic mass is 28.3. The van der Waals surface area contributed by atoms with Crippen LogP contribution in [0.5, 0.6) is 5.75 Å². The molecule has 0 spiro atoms. The highest BCUT2D eigenvalue weighted by Gasteiger charge is 2.26. The molecule has 0 heterocycles. The van der Waals surface area contributed by atoms with Crippen LogP contribution >= 0.6 is 0 Å². The summed E-state index contributed by atoms with van der Waals surface area (Å²) < 4.78 is 0. The highest BCUT2D eigenvalue weighted by Crippen LogP contribution is 2.31. The molecule has 0 bridgehead atoms. The normalized spacial score (nSPS) is 12.9. The Labute approximate surface area is 101 Å². The number of aryl methyl sites for hydroxylation is 1. The van der Waals surface area contributed by atoms with Crippen molar-refractivity contribution in [2.75, 3.05) is 0 Å². The van der Waals surface area contributed by atoms with Gasteiger partial charge in [-0.2, -0.15) is 0 Å². The van der Waals surface area contributed by atoms with Gasteiger partial charge in [0.15, 0.2) is 0 Å². The van der Waals surface area contributed by atoms with Crippen molar-refractivity contribution in [1.82, 2.24) is 0 Å². The predicted octanol–water partition coefficient (Wildman–Crippen LogP) is 3.54. The van der Waals surface area contributed by atoms with Crippen LogP contribution in [0.25, 0.3) is 0 Å². The van der Waals surface area contributed by atoms with E-state index in [2.05, 4.69) is 59.5 Å². The summed E-state index contributed by atoms with van der Waals surface area (Å²) in [5, 5.41) is 11.6. The number of hydrogen-bond donors (Lipinski definition) is 1. The van der Waals surface area contributed by atoms with Gasteiger partial charge in [0.1, 0.15) is 5.75 Å². The Kier molecular flexibility index (Phi) is 3.26. The number of phenols is 1. The highest BCUT2D eigenvalue weighted by molar-refractivity contribution is 6.89. The van der Waals surface area contributed by atoms with E-state index in [4.69, 9.17) is 0 Å². The molecule has 1 nitrogen and oxygen atoms in total. The lowest BCUT2D eigenvalue weighted by Crippen LogP contribution is -2.39. The molecule has 0 amide bonds. The van der Waals surface area contributed by atoms with E-state index >= 15 is 0 Å². The second-order valence-corrected chi connectivity index (χ2v) is 11.7. The second kappa shape index (κ2) is 3.92. The second-order valence-electron chi connectivity index (χ2n) is 6.71. The van der Waals surface area contributed by atoms with E-state index in [1.807, 2.05) is 0 Å². The number of rotatable bonds is 1. The lowest BCUT2D eigenvalue weighted by atomic mass is 9.85. The zero-order chi connectivity index (χ0) is 12.7. The molecule has 0 saturated carbocycles. The minimum atomic E-state index is -1.47. The Balaban J connectivity index is 3.51. The lowest BCUT2D eigenvalue weighted by Gasteiger charge is -2.26. The predicted molar refractivity (Wildman–Crippen MR) is 74.5 cm³/mol. The van der Waals surface area contributed by atoms with Crippen LogP contribution in [0.1, 0.15) is 31.9 Å². The summed E-state index contributed by atoms with van der Waals surface area (Å²) in [5.41, 5.74) is 2.33. The maximum absolute atomic E-state index is 10.4. The number of phenolic OH excluding ortho intramolecular Hbond substituents is 1. The molecule has 0 atom stereocenters. The molecule has 1 N–H and O–H groups in total. The molecule has 1 aromatic rings. The van der Waals surface area contributed by atoms with Crippen molar-refractivity contribution in [2.45, 2.75) is 52.8 Å². The minimum absolute atomic E-state index is 0.00447. The van der Waals surface area contributed by atoms with Gasteiger partial charge < -0.3 is 5.11 Å². The van der Waals surface area contributed by atoms with Gasteiger partial charge in [0.2, 0.25) is 0 Å². The molecule has 0 aliphatic rings. The van der Waals surface area contributed by atoms with Crippen molar-refractivity contribution in [2.24, 2.45) is 0 Å². The summed E-state index contributed by atoms with van der Waals surface area (Å²) in [6, 6.07) is 4.26. The molecule has 16 heavy (non-hydrogen) atoms. The van der Waals surface area contributed by atoms with E-state index in [0.29, 0.717) is 5.75 Å². The van der Waals surface area contributed by atoms with Crippen LogP contribution in [0.4, 0.5) is 0 Å².